The summed E-state index contributed by atoms with van der Waals surface area (Å²) >= 11 is 0. The van der Waals surface area contributed by atoms with E-state index in [1.165, 1.54) is 18.8 Å². The SMILES string of the molecule is CCOC(=O)CCC(CC(=O)OCC)C1=COC=CO1. The van der Waals surface area contributed by atoms with E-state index < -0.39 is 0 Å². The molecule has 0 N–H and O–H groups in total. The molecular formula is C14H20O6. The third kappa shape index (κ3) is 5.77. The zero-order valence-corrected chi connectivity index (χ0v) is 11.8. The molecule has 0 spiro atoms. The largest absolute Gasteiger partial charge is 0.466 e. The number of hydrogen-bond donors (Lipinski definition) is 0. The van der Waals surface area contributed by atoms with Gasteiger partial charge in [-0.05, 0) is 20.3 Å². The minimum atomic E-state index is -0.333. The first-order valence-corrected chi connectivity index (χ1v) is 6.65. The van der Waals surface area contributed by atoms with Crippen molar-refractivity contribution in [3.05, 3.63) is 24.5 Å². The predicted octanol–water partition coefficient (Wildman–Crippen LogP) is 2.26. The molecule has 0 amide bonds. The Labute approximate surface area is 118 Å². The molecule has 0 aromatic heterocycles. The van der Waals surface area contributed by atoms with Crippen molar-refractivity contribution >= 4 is 11.9 Å². The van der Waals surface area contributed by atoms with Crippen LogP contribution in [0.3, 0.4) is 0 Å². The van der Waals surface area contributed by atoms with Crippen molar-refractivity contribution in [1.29, 1.82) is 0 Å². The molecule has 112 valence electrons. The van der Waals surface area contributed by atoms with Gasteiger partial charge in [0.15, 0.2) is 0 Å². The first-order valence-electron chi connectivity index (χ1n) is 6.65. The maximum atomic E-state index is 11.6. The van der Waals surface area contributed by atoms with E-state index >= 15 is 0 Å². The van der Waals surface area contributed by atoms with Crippen LogP contribution in [0.15, 0.2) is 24.5 Å². The van der Waals surface area contributed by atoms with E-state index in [0.717, 1.165) is 0 Å². The number of allylic oxidation sites excluding steroid dienone is 1. The van der Waals surface area contributed by atoms with Gasteiger partial charge in [0, 0.05) is 12.3 Å². The van der Waals surface area contributed by atoms with Crippen molar-refractivity contribution in [2.24, 2.45) is 5.92 Å². The maximum Gasteiger partial charge on any atom is 0.306 e. The van der Waals surface area contributed by atoms with Crippen molar-refractivity contribution in [2.75, 3.05) is 13.2 Å². The van der Waals surface area contributed by atoms with Crippen LogP contribution in [0.4, 0.5) is 0 Å². The number of ether oxygens (including phenoxy) is 4. The van der Waals surface area contributed by atoms with Gasteiger partial charge in [-0.25, -0.2) is 0 Å². The minimum Gasteiger partial charge on any atom is -0.466 e. The predicted molar refractivity (Wildman–Crippen MR) is 70.0 cm³/mol. The topological polar surface area (TPSA) is 71.1 Å². The Morgan fingerprint density at radius 1 is 1.15 bits per heavy atom. The van der Waals surface area contributed by atoms with Crippen molar-refractivity contribution in [2.45, 2.75) is 33.1 Å². The van der Waals surface area contributed by atoms with Gasteiger partial charge >= 0.3 is 11.9 Å². The van der Waals surface area contributed by atoms with Crippen molar-refractivity contribution in [3.8, 4) is 0 Å². The second-order valence-corrected chi connectivity index (χ2v) is 4.10. The molecule has 0 saturated heterocycles. The van der Waals surface area contributed by atoms with E-state index in [4.69, 9.17) is 18.9 Å². The van der Waals surface area contributed by atoms with Crippen LogP contribution in [0.1, 0.15) is 33.1 Å². The van der Waals surface area contributed by atoms with Crippen LogP contribution in [0, 0.1) is 5.92 Å². The second kappa shape index (κ2) is 9.01. The van der Waals surface area contributed by atoms with Crippen molar-refractivity contribution in [1.82, 2.24) is 0 Å². The quantitative estimate of drug-likeness (QED) is 0.637. The minimum absolute atomic E-state index is 0.135. The van der Waals surface area contributed by atoms with Crippen LogP contribution in [-0.2, 0) is 28.5 Å². The smallest absolute Gasteiger partial charge is 0.306 e. The lowest BCUT2D eigenvalue weighted by molar-refractivity contribution is -0.146. The third-order valence-corrected chi connectivity index (χ3v) is 2.65. The monoisotopic (exact) mass is 284 g/mol. The van der Waals surface area contributed by atoms with E-state index in [1.54, 1.807) is 13.8 Å². The molecule has 1 unspecified atom stereocenters. The second-order valence-electron chi connectivity index (χ2n) is 4.10. The van der Waals surface area contributed by atoms with Crippen molar-refractivity contribution < 1.29 is 28.5 Å². The van der Waals surface area contributed by atoms with Crippen LogP contribution >= 0.6 is 0 Å². The van der Waals surface area contributed by atoms with Crippen LogP contribution in [-0.4, -0.2) is 25.2 Å². The highest BCUT2D eigenvalue weighted by Crippen LogP contribution is 2.25. The van der Waals surface area contributed by atoms with Gasteiger partial charge in [-0.1, -0.05) is 0 Å². The molecule has 1 heterocycles. The van der Waals surface area contributed by atoms with Gasteiger partial charge in [-0.15, -0.1) is 0 Å². The van der Waals surface area contributed by atoms with Crippen LogP contribution < -0.4 is 0 Å². The lowest BCUT2D eigenvalue weighted by Gasteiger charge is -2.19. The number of carbonyl (C=O) groups excluding carboxylic acids is 2. The molecule has 1 aliphatic heterocycles. The third-order valence-electron chi connectivity index (χ3n) is 2.65. The Balaban J connectivity index is 2.56. The zero-order valence-electron chi connectivity index (χ0n) is 11.8. The Morgan fingerprint density at radius 2 is 1.85 bits per heavy atom. The highest BCUT2D eigenvalue weighted by molar-refractivity contribution is 5.71. The van der Waals surface area contributed by atoms with Crippen LogP contribution in [0.5, 0.6) is 0 Å². The summed E-state index contributed by atoms with van der Waals surface area (Å²) in [6.45, 7) is 4.15. The molecule has 0 aromatic rings. The molecule has 0 bridgehead atoms. The summed E-state index contributed by atoms with van der Waals surface area (Å²) in [5.74, 6) is -0.400. The molecule has 0 aromatic carbocycles. The van der Waals surface area contributed by atoms with E-state index in [9.17, 15) is 9.59 Å². The molecule has 0 fully saturated rings. The summed E-state index contributed by atoms with van der Waals surface area (Å²) in [4.78, 5) is 23.0. The number of carbonyl (C=O) groups is 2. The molecule has 6 heteroatoms. The van der Waals surface area contributed by atoms with Gasteiger partial charge < -0.3 is 18.9 Å². The Kier molecular flexibility index (Phi) is 7.24. The summed E-state index contributed by atoms with van der Waals surface area (Å²) in [6, 6.07) is 0. The molecule has 1 rings (SSSR count). The molecule has 6 nitrogen and oxygen atoms in total. The lowest BCUT2D eigenvalue weighted by Crippen LogP contribution is -2.17. The highest BCUT2D eigenvalue weighted by Gasteiger charge is 2.23. The standard InChI is InChI=1S/C14H20O6/c1-3-18-13(15)6-5-11(9-14(16)19-4-2)12-10-17-7-8-20-12/h7-8,10-11H,3-6,9H2,1-2H3. The van der Waals surface area contributed by atoms with E-state index in [0.29, 0.717) is 25.4 Å². The molecule has 0 saturated carbocycles. The first-order chi connectivity index (χ1) is 9.67. The fourth-order valence-electron chi connectivity index (χ4n) is 1.76. The number of esters is 2. The molecule has 0 aliphatic carbocycles. The lowest BCUT2D eigenvalue weighted by atomic mass is 9.97. The number of rotatable bonds is 8. The van der Waals surface area contributed by atoms with E-state index in [2.05, 4.69) is 0 Å². The van der Waals surface area contributed by atoms with Gasteiger partial charge in [0.05, 0.1) is 19.6 Å². The van der Waals surface area contributed by atoms with Crippen molar-refractivity contribution in [3.63, 3.8) is 0 Å². The van der Waals surface area contributed by atoms with E-state index in [-0.39, 0.29) is 30.7 Å². The Bertz CT molecular complexity index is 385. The Morgan fingerprint density at radius 3 is 2.45 bits per heavy atom. The highest BCUT2D eigenvalue weighted by atomic mass is 16.5. The van der Waals surface area contributed by atoms with Gasteiger partial charge in [-0.3, -0.25) is 9.59 Å². The Hall–Kier alpha value is -1.98. The summed E-state index contributed by atoms with van der Waals surface area (Å²) in [7, 11) is 0. The van der Waals surface area contributed by atoms with E-state index in [1.807, 2.05) is 0 Å². The zero-order chi connectivity index (χ0) is 14.8. The van der Waals surface area contributed by atoms with Gasteiger partial charge in [0.25, 0.3) is 0 Å². The fourth-order valence-corrected chi connectivity index (χ4v) is 1.76. The van der Waals surface area contributed by atoms with Gasteiger partial charge in [0.1, 0.15) is 24.5 Å². The fraction of sp³-hybridized carbons (Fsp3) is 0.571. The molecule has 0 radical (unpaired) electrons. The first kappa shape index (κ1) is 16.1. The molecular weight excluding hydrogens is 264 g/mol. The van der Waals surface area contributed by atoms with Gasteiger partial charge in [0.2, 0.25) is 0 Å². The van der Waals surface area contributed by atoms with Gasteiger partial charge in [-0.2, -0.15) is 0 Å². The summed E-state index contributed by atoms with van der Waals surface area (Å²) in [5.41, 5.74) is 0. The molecule has 1 atom stereocenters. The molecule has 20 heavy (non-hydrogen) atoms. The summed E-state index contributed by atoms with van der Waals surface area (Å²) in [5, 5.41) is 0. The average molecular weight is 284 g/mol. The summed E-state index contributed by atoms with van der Waals surface area (Å²) in [6.07, 6.45) is 4.97. The average Bonchev–Trinajstić information content (AvgIpc) is 2.45. The maximum absolute atomic E-state index is 11.6. The van der Waals surface area contributed by atoms with Crippen LogP contribution in [0.2, 0.25) is 0 Å². The normalized spacial score (nSPS) is 14.6. The molecule has 1 aliphatic rings. The summed E-state index contributed by atoms with van der Waals surface area (Å²) < 4.78 is 20.1. The van der Waals surface area contributed by atoms with Crippen LogP contribution in [0.25, 0.3) is 0 Å². The number of hydrogen-bond acceptors (Lipinski definition) is 6.